The summed E-state index contributed by atoms with van der Waals surface area (Å²) >= 11 is 11.8. The molecule has 2 aromatic carbocycles. The van der Waals surface area contributed by atoms with Gasteiger partial charge in [-0.2, -0.15) is 5.10 Å². The number of nitrogens with zero attached hydrogens (tertiary/aromatic N) is 2. The number of rotatable bonds is 6. The van der Waals surface area contributed by atoms with Gasteiger partial charge in [-0.3, -0.25) is 9.89 Å². The monoisotopic (exact) mass is 509 g/mol. The fourth-order valence-corrected chi connectivity index (χ4v) is 4.10. The molecule has 0 saturated heterocycles. The number of fused-ring (bicyclic) bond motifs is 1. The Kier molecular flexibility index (Phi) is 6.25. The third kappa shape index (κ3) is 4.64. The van der Waals surface area contributed by atoms with Crippen LogP contribution in [0.2, 0.25) is 10.0 Å². The molecule has 0 aliphatic heterocycles. The van der Waals surface area contributed by atoms with Crippen molar-refractivity contribution < 1.29 is 14.3 Å². The molecular weight excluding hydrogens is 492 g/mol. The fraction of sp³-hybridized carbons (Fsp3) is 0.0800. The standard InChI is InChI=1S/C25H18Cl2FN5O2/c26-17-4-1-13(2-5-17)15-7-18-23(32-33-24(18)30-10-15)16-9-21(29-11-16)25(35)31-22(12-34)14-3-6-20(28)19(27)8-14/h1-11,22,29,34H,12H2,(H,31,35)(H,30,32,33)/t22-/m1/s1. The van der Waals surface area contributed by atoms with Gasteiger partial charge >= 0.3 is 0 Å². The van der Waals surface area contributed by atoms with Crippen LogP contribution in [0.15, 0.2) is 67.0 Å². The lowest BCUT2D eigenvalue weighted by Gasteiger charge is -2.16. The molecule has 1 atom stereocenters. The molecule has 0 bridgehead atoms. The van der Waals surface area contributed by atoms with E-state index in [4.69, 9.17) is 23.2 Å². The Bertz CT molecular complexity index is 1530. The summed E-state index contributed by atoms with van der Waals surface area (Å²) in [6, 6.07) is 14.3. The molecule has 0 aliphatic carbocycles. The molecule has 1 amide bonds. The lowest BCUT2D eigenvalue weighted by molar-refractivity contribution is 0.0911. The molecule has 5 aromatic rings. The van der Waals surface area contributed by atoms with E-state index < -0.39 is 17.8 Å². The minimum absolute atomic E-state index is 0.0886. The van der Waals surface area contributed by atoms with Crippen LogP contribution in [0.25, 0.3) is 33.4 Å². The first-order valence-electron chi connectivity index (χ1n) is 10.6. The van der Waals surface area contributed by atoms with Gasteiger partial charge in [-0.15, -0.1) is 0 Å². The summed E-state index contributed by atoms with van der Waals surface area (Å²) in [5, 5.41) is 21.1. The highest BCUT2D eigenvalue weighted by atomic mass is 35.5. The zero-order valence-electron chi connectivity index (χ0n) is 18.0. The predicted molar refractivity (Wildman–Crippen MR) is 133 cm³/mol. The Hall–Kier alpha value is -3.72. The highest BCUT2D eigenvalue weighted by molar-refractivity contribution is 6.31. The van der Waals surface area contributed by atoms with Gasteiger partial charge in [0.25, 0.3) is 5.91 Å². The number of aliphatic hydroxyl groups excluding tert-OH is 1. The Morgan fingerprint density at radius 1 is 1.06 bits per heavy atom. The summed E-state index contributed by atoms with van der Waals surface area (Å²) in [6.45, 7) is -0.385. The van der Waals surface area contributed by atoms with E-state index in [-0.39, 0.29) is 17.3 Å². The molecule has 10 heteroatoms. The fourth-order valence-electron chi connectivity index (χ4n) is 3.79. The van der Waals surface area contributed by atoms with Crippen LogP contribution in [0.3, 0.4) is 0 Å². The highest BCUT2D eigenvalue weighted by Gasteiger charge is 2.19. The summed E-state index contributed by atoms with van der Waals surface area (Å²) in [7, 11) is 0. The van der Waals surface area contributed by atoms with Gasteiger partial charge in [0.15, 0.2) is 5.65 Å². The normalized spacial score (nSPS) is 12.1. The first kappa shape index (κ1) is 23.0. The van der Waals surface area contributed by atoms with Crippen LogP contribution in [-0.2, 0) is 0 Å². The molecule has 3 heterocycles. The van der Waals surface area contributed by atoms with E-state index in [2.05, 4.69) is 25.5 Å². The molecule has 7 nitrogen and oxygen atoms in total. The van der Waals surface area contributed by atoms with Crippen LogP contribution in [0.4, 0.5) is 4.39 Å². The van der Waals surface area contributed by atoms with Crippen molar-refractivity contribution in [2.75, 3.05) is 6.61 Å². The van der Waals surface area contributed by atoms with E-state index in [0.717, 1.165) is 16.5 Å². The first-order chi connectivity index (χ1) is 16.9. The molecule has 0 spiro atoms. The minimum atomic E-state index is -0.760. The lowest BCUT2D eigenvalue weighted by atomic mass is 10.1. The number of carbonyl (C=O) groups excluding carboxylic acids is 1. The van der Waals surface area contributed by atoms with Gasteiger partial charge in [-0.1, -0.05) is 41.4 Å². The first-order valence-corrected chi connectivity index (χ1v) is 11.3. The number of carbonyl (C=O) groups is 1. The van der Waals surface area contributed by atoms with Crippen molar-refractivity contribution in [1.82, 2.24) is 25.5 Å². The van der Waals surface area contributed by atoms with Crippen molar-refractivity contribution in [3.63, 3.8) is 0 Å². The molecule has 3 aromatic heterocycles. The predicted octanol–water partition coefficient (Wildman–Crippen LogP) is 5.53. The Labute approximate surface area is 208 Å². The summed E-state index contributed by atoms with van der Waals surface area (Å²) in [5.41, 5.74) is 4.53. The van der Waals surface area contributed by atoms with Gasteiger partial charge in [0.05, 0.1) is 17.7 Å². The number of H-pyrrole nitrogens is 2. The van der Waals surface area contributed by atoms with Gasteiger partial charge in [-0.25, -0.2) is 9.37 Å². The molecule has 0 unspecified atom stereocenters. The average Bonchev–Trinajstić information content (AvgIpc) is 3.51. The van der Waals surface area contributed by atoms with Crippen LogP contribution in [-0.4, -0.2) is 37.8 Å². The van der Waals surface area contributed by atoms with E-state index in [1.165, 1.54) is 18.2 Å². The topological polar surface area (TPSA) is 107 Å². The van der Waals surface area contributed by atoms with E-state index in [1.807, 2.05) is 30.3 Å². The second kappa shape index (κ2) is 9.50. The molecular formula is C25H18Cl2FN5O2. The molecule has 0 saturated carbocycles. The number of halogens is 3. The zero-order valence-corrected chi connectivity index (χ0v) is 19.5. The molecule has 0 fully saturated rings. The van der Waals surface area contributed by atoms with E-state index in [1.54, 1.807) is 18.5 Å². The molecule has 5 rings (SSSR count). The summed E-state index contributed by atoms with van der Waals surface area (Å²) in [5.74, 6) is -1.03. The number of aliphatic hydroxyl groups is 1. The van der Waals surface area contributed by atoms with Crippen LogP contribution < -0.4 is 5.32 Å². The van der Waals surface area contributed by atoms with E-state index in [9.17, 15) is 14.3 Å². The maximum Gasteiger partial charge on any atom is 0.268 e. The zero-order chi connectivity index (χ0) is 24.5. The van der Waals surface area contributed by atoms with Gasteiger partial charge in [0.2, 0.25) is 0 Å². The highest BCUT2D eigenvalue weighted by Crippen LogP contribution is 2.30. The SMILES string of the molecule is O=C(N[C@H](CO)c1ccc(F)c(Cl)c1)c1cc(-c2n[nH]c3ncc(-c4ccc(Cl)cc4)cc23)c[nH]1. The molecule has 4 N–H and O–H groups in total. The third-order valence-electron chi connectivity index (χ3n) is 5.63. The van der Waals surface area contributed by atoms with Crippen molar-refractivity contribution in [2.24, 2.45) is 0 Å². The van der Waals surface area contributed by atoms with Crippen LogP contribution in [0, 0.1) is 5.82 Å². The van der Waals surface area contributed by atoms with Crippen molar-refractivity contribution in [2.45, 2.75) is 6.04 Å². The van der Waals surface area contributed by atoms with Gasteiger partial charge in [-0.05, 0) is 47.5 Å². The van der Waals surface area contributed by atoms with Gasteiger partial charge < -0.3 is 15.4 Å². The van der Waals surface area contributed by atoms with E-state index >= 15 is 0 Å². The molecule has 176 valence electrons. The van der Waals surface area contributed by atoms with Crippen molar-refractivity contribution >= 4 is 40.1 Å². The Balaban J connectivity index is 1.41. The summed E-state index contributed by atoms with van der Waals surface area (Å²) in [4.78, 5) is 20.2. The maximum absolute atomic E-state index is 13.5. The Morgan fingerprint density at radius 2 is 1.86 bits per heavy atom. The number of aromatic amines is 2. The second-order valence-electron chi connectivity index (χ2n) is 7.88. The van der Waals surface area contributed by atoms with Crippen LogP contribution >= 0.6 is 23.2 Å². The number of hydrogen-bond donors (Lipinski definition) is 4. The largest absolute Gasteiger partial charge is 0.394 e. The van der Waals surface area contributed by atoms with Crippen LogP contribution in [0.1, 0.15) is 22.1 Å². The van der Waals surface area contributed by atoms with E-state index in [0.29, 0.717) is 27.5 Å². The minimum Gasteiger partial charge on any atom is -0.394 e. The van der Waals surface area contributed by atoms with Gasteiger partial charge in [0.1, 0.15) is 17.2 Å². The van der Waals surface area contributed by atoms with Crippen molar-refractivity contribution in [3.05, 3.63) is 94.1 Å². The summed E-state index contributed by atoms with van der Waals surface area (Å²) in [6.07, 6.45) is 3.42. The lowest BCUT2D eigenvalue weighted by Crippen LogP contribution is -2.31. The van der Waals surface area contributed by atoms with Crippen molar-refractivity contribution in [1.29, 1.82) is 0 Å². The van der Waals surface area contributed by atoms with Crippen molar-refractivity contribution in [3.8, 4) is 22.4 Å². The smallest absolute Gasteiger partial charge is 0.268 e. The third-order valence-corrected chi connectivity index (χ3v) is 6.17. The molecule has 0 aliphatic rings. The second-order valence-corrected chi connectivity index (χ2v) is 8.73. The Morgan fingerprint density at radius 3 is 2.60 bits per heavy atom. The maximum atomic E-state index is 13.5. The number of benzene rings is 2. The van der Waals surface area contributed by atoms with Gasteiger partial charge in [0, 0.05) is 33.9 Å². The summed E-state index contributed by atoms with van der Waals surface area (Å²) < 4.78 is 13.5. The number of aromatic nitrogens is 4. The number of hydrogen-bond acceptors (Lipinski definition) is 4. The van der Waals surface area contributed by atoms with Crippen LogP contribution in [0.5, 0.6) is 0 Å². The molecule has 0 radical (unpaired) electrons. The average molecular weight is 510 g/mol. The number of pyridine rings is 1. The number of nitrogens with one attached hydrogen (secondary N) is 3. The number of amides is 1. The molecule has 35 heavy (non-hydrogen) atoms. The quantitative estimate of drug-likeness (QED) is 0.241.